The van der Waals surface area contributed by atoms with Gasteiger partial charge in [0.25, 0.3) is 5.91 Å². The molecular formula is C29H28ClFN6O3. The van der Waals surface area contributed by atoms with E-state index >= 15 is 0 Å². The van der Waals surface area contributed by atoms with Gasteiger partial charge in [-0.3, -0.25) is 14.5 Å². The Bertz CT molecular complexity index is 1450. The molecule has 1 heterocycles. The fraction of sp³-hybridized carbons (Fsp3) is 0.276. The third-order valence-corrected chi connectivity index (χ3v) is 7.10. The van der Waals surface area contributed by atoms with E-state index in [9.17, 15) is 14.0 Å². The van der Waals surface area contributed by atoms with Crippen LogP contribution in [0.5, 0.6) is 5.75 Å². The topological polar surface area (TPSA) is 102 Å². The molecule has 1 saturated carbocycles. The maximum Gasteiger partial charge on any atom is 0.251 e. The van der Waals surface area contributed by atoms with Gasteiger partial charge in [-0.05, 0) is 84.3 Å². The minimum atomic E-state index is -1.07. The van der Waals surface area contributed by atoms with Crippen LogP contribution in [0.1, 0.15) is 37.3 Å². The number of nitrogens with one attached hydrogen (secondary N) is 1. The van der Waals surface area contributed by atoms with Crippen LogP contribution in [0.25, 0.3) is 11.4 Å². The molecule has 1 aromatic heterocycles. The average molecular weight is 563 g/mol. The average Bonchev–Trinajstić information content (AvgIpc) is 3.65. The maximum absolute atomic E-state index is 14.0. The SMILES string of the molecule is COc1ccc(N(C(=O)Cn2nnc(-c3ccc(Cl)cc3)n2)[C@H](C(=O)NC2CCCC2)c2ccc(F)cc2)cc1. The van der Waals surface area contributed by atoms with Crippen LogP contribution in [0.4, 0.5) is 10.1 Å². The number of hydrogen-bond donors (Lipinski definition) is 1. The summed E-state index contributed by atoms with van der Waals surface area (Å²) in [4.78, 5) is 30.4. The van der Waals surface area contributed by atoms with Gasteiger partial charge in [-0.1, -0.05) is 36.6 Å². The van der Waals surface area contributed by atoms with Gasteiger partial charge in [-0.2, -0.15) is 4.80 Å². The lowest BCUT2D eigenvalue weighted by Gasteiger charge is -2.32. The van der Waals surface area contributed by atoms with E-state index in [1.54, 1.807) is 55.6 Å². The molecule has 0 aliphatic heterocycles. The number of halogens is 2. The lowest BCUT2D eigenvalue weighted by atomic mass is 10.0. The Morgan fingerprint density at radius 2 is 1.73 bits per heavy atom. The minimum absolute atomic E-state index is 0.0159. The summed E-state index contributed by atoms with van der Waals surface area (Å²) >= 11 is 5.98. The first-order valence-corrected chi connectivity index (χ1v) is 13.3. The van der Waals surface area contributed by atoms with Gasteiger partial charge in [0.1, 0.15) is 24.2 Å². The number of rotatable bonds is 9. The fourth-order valence-corrected chi connectivity index (χ4v) is 4.94. The van der Waals surface area contributed by atoms with Crippen molar-refractivity contribution in [3.63, 3.8) is 0 Å². The van der Waals surface area contributed by atoms with Crippen LogP contribution in [0.15, 0.2) is 72.8 Å². The van der Waals surface area contributed by atoms with Gasteiger partial charge in [0, 0.05) is 22.3 Å². The molecule has 1 aliphatic carbocycles. The second kappa shape index (κ2) is 12.3. The lowest BCUT2D eigenvalue weighted by molar-refractivity contribution is -0.127. The standard InChI is InChI=1S/C29H28ClFN6O3/c1-40-25-16-14-24(15-17-25)37(26(38)18-36-34-28(33-35-36)20-6-10-21(30)11-7-20)27(19-8-12-22(31)13-9-19)29(39)32-23-4-2-3-5-23/h6-17,23,27H,2-5,18H2,1H3,(H,32,39)/t27-/m0/s1. The van der Waals surface area contributed by atoms with Crippen molar-refractivity contribution in [3.8, 4) is 17.1 Å². The third-order valence-electron chi connectivity index (χ3n) is 6.85. The molecule has 5 rings (SSSR count). The van der Waals surface area contributed by atoms with Crippen LogP contribution < -0.4 is 15.0 Å². The lowest BCUT2D eigenvalue weighted by Crippen LogP contribution is -2.47. The van der Waals surface area contributed by atoms with Gasteiger partial charge in [0.15, 0.2) is 0 Å². The highest BCUT2D eigenvalue weighted by atomic mass is 35.5. The molecule has 1 aliphatic rings. The maximum atomic E-state index is 14.0. The number of ether oxygens (including phenoxy) is 1. The number of hydrogen-bond acceptors (Lipinski definition) is 6. The monoisotopic (exact) mass is 562 g/mol. The van der Waals surface area contributed by atoms with Crippen LogP contribution >= 0.6 is 11.6 Å². The van der Waals surface area contributed by atoms with E-state index < -0.39 is 17.8 Å². The van der Waals surface area contributed by atoms with E-state index in [1.807, 2.05) is 0 Å². The van der Waals surface area contributed by atoms with Crippen molar-refractivity contribution in [2.24, 2.45) is 0 Å². The molecule has 1 N–H and O–H groups in total. The number of aromatic nitrogens is 4. The molecule has 0 bridgehead atoms. The molecule has 0 spiro atoms. The van der Waals surface area contributed by atoms with Crippen molar-refractivity contribution in [3.05, 3.63) is 89.2 Å². The summed E-state index contributed by atoms with van der Waals surface area (Å²) in [6, 6.07) is 18.3. The first-order chi connectivity index (χ1) is 19.4. The van der Waals surface area contributed by atoms with Crippen molar-refractivity contribution < 1.29 is 18.7 Å². The summed E-state index contributed by atoms with van der Waals surface area (Å²) in [6.07, 6.45) is 3.80. The molecule has 40 heavy (non-hydrogen) atoms. The highest BCUT2D eigenvalue weighted by Gasteiger charge is 2.35. The minimum Gasteiger partial charge on any atom is -0.497 e. The fourth-order valence-electron chi connectivity index (χ4n) is 4.81. The Morgan fingerprint density at radius 3 is 2.38 bits per heavy atom. The van der Waals surface area contributed by atoms with Gasteiger partial charge < -0.3 is 10.1 Å². The summed E-state index contributed by atoms with van der Waals surface area (Å²) in [6.45, 7) is -0.291. The van der Waals surface area contributed by atoms with Crippen molar-refractivity contribution in [2.45, 2.75) is 44.3 Å². The molecule has 1 fully saturated rings. The summed E-state index contributed by atoms with van der Waals surface area (Å²) in [5, 5.41) is 16.2. The Hall–Kier alpha value is -4.31. The van der Waals surface area contributed by atoms with E-state index in [2.05, 4.69) is 20.7 Å². The zero-order valence-corrected chi connectivity index (χ0v) is 22.6. The number of benzene rings is 3. The first kappa shape index (κ1) is 27.3. The predicted molar refractivity (Wildman–Crippen MR) is 148 cm³/mol. The highest BCUT2D eigenvalue weighted by molar-refractivity contribution is 6.30. The smallest absolute Gasteiger partial charge is 0.251 e. The second-order valence-electron chi connectivity index (χ2n) is 9.56. The molecule has 0 unspecified atom stereocenters. The highest BCUT2D eigenvalue weighted by Crippen LogP contribution is 2.31. The Kier molecular flexibility index (Phi) is 8.35. The van der Waals surface area contributed by atoms with Gasteiger partial charge in [-0.25, -0.2) is 4.39 Å². The number of carbonyl (C=O) groups excluding carboxylic acids is 2. The molecule has 1 atom stereocenters. The van der Waals surface area contributed by atoms with Crippen molar-refractivity contribution >= 4 is 29.1 Å². The largest absolute Gasteiger partial charge is 0.497 e. The zero-order chi connectivity index (χ0) is 28.1. The van der Waals surface area contributed by atoms with Gasteiger partial charge in [0.05, 0.1) is 7.11 Å². The van der Waals surface area contributed by atoms with E-state index in [0.717, 1.165) is 25.7 Å². The molecule has 206 valence electrons. The van der Waals surface area contributed by atoms with Crippen molar-refractivity contribution in [1.29, 1.82) is 0 Å². The first-order valence-electron chi connectivity index (χ1n) is 13.0. The Balaban J connectivity index is 1.50. The van der Waals surface area contributed by atoms with Crippen LogP contribution in [-0.4, -0.2) is 45.2 Å². The number of methoxy groups -OCH3 is 1. The Morgan fingerprint density at radius 1 is 1.05 bits per heavy atom. The summed E-state index contributed by atoms with van der Waals surface area (Å²) in [5.41, 5.74) is 1.62. The number of carbonyl (C=O) groups is 2. The van der Waals surface area contributed by atoms with Gasteiger partial charge in [0.2, 0.25) is 11.7 Å². The summed E-state index contributed by atoms with van der Waals surface area (Å²) < 4.78 is 19.2. The summed E-state index contributed by atoms with van der Waals surface area (Å²) in [7, 11) is 1.54. The normalized spacial score (nSPS) is 14.1. The Labute approximate surface area is 235 Å². The molecule has 11 heteroatoms. The van der Waals surface area contributed by atoms with Gasteiger partial charge >= 0.3 is 0 Å². The van der Waals surface area contributed by atoms with E-state index in [1.165, 1.54) is 34.0 Å². The number of tetrazole rings is 1. The van der Waals surface area contributed by atoms with Crippen LogP contribution in [-0.2, 0) is 16.1 Å². The van der Waals surface area contributed by atoms with Gasteiger partial charge in [-0.15, -0.1) is 10.2 Å². The summed E-state index contributed by atoms with van der Waals surface area (Å²) in [5.74, 6) is -0.329. The number of amides is 2. The number of nitrogens with zero attached hydrogens (tertiary/aromatic N) is 5. The molecular weight excluding hydrogens is 535 g/mol. The molecule has 2 amide bonds. The van der Waals surface area contributed by atoms with Crippen molar-refractivity contribution in [1.82, 2.24) is 25.5 Å². The van der Waals surface area contributed by atoms with E-state index in [0.29, 0.717) is 33.4 Å². The molecule has 3 aromatic carbocycles. The number of anilines is 1. The van der Waals surface area contributed by atoms with E-state index in [-0.39, 0.29) is 18.5 Å². The molecule has 0 saturated heterocycles. The van der Waals surface area contributed by atoms with Crippen LogP contribution in [0.2, 0.25) is 5.02 Å². The van der Waals surface area contributed by atoms with Crippen LogP contribution in [0.3, 0.4) is 0 Å². The third kappa shape index (κ3) is 6.28. The zero-order valence-electron chi connectivity index (χ0n) is 21.8. The predicted octanol–water partition coefficient (Wildman–Crippen LogP) is 4.97. The second-order valence-corrected chi connectivity index (χ2v) is 9.99. The quantitative estimate of drug-likeness (QED) is 0.309. The van der Waals surface area contributed by atoms with Crippen LogP contribution in [0, 0.1) is 5.82 Å². The van der Waals surface area contributed by atoms with E-state index in [4.69, 9.17) is 16.3 Å². The molecule has 9 nitrogen and oxygen atoms in total. The van der Waals surface area contributed by atoms with Crippen molar-refractivity contribution in [2.75, 3.05) is 12.0 Å². The molecule has 4 aromatic rings. The molecule has 0 radical (unpaired) electrons.